The zero-order chi connectivity index (χ0) is 13.1. The van der Waals surface area contributed by atoms with Crippen LogP contribution < -0.4 is 5.32 Å². The number of phenolic OH excluding ortho intramolecular Hbond substituents is 1. The molecule has 2 aromatic rings. The van der Waals surface area contributed by atoms with Gasteiger partial charge in [0.1, 0.15) is 5.75 Å². The molecular weight excluding hydrogens is 314 g/mol. The van der Waals surface area contributed by atoms with E-state index < -0.39 is 0 Å². The molecule has 2 N–H and O–H groups in total. The molecule has 0 unspecified atom stereocenters. The van der Waals surface area contributed by atoms with Crippen molar-refractivity contribution in [1.82, 2.24) is 0 Å². The van der Waals surface area contributed by atoms with Crippen molar-refractivity contribution in [2.45, 2.75) is 13.5 Å². The number of benzene rings is 2. The van der Waals surface area contributed by atoms with E-state index in [0.717, 1.165) is 15.7 Å². The number of phenols is 1. The highest BCUT2D eigenvalue weighted by Crippen LogP contribution is 2.27. The minimum absolute atomic E-state index is 0.213. The second-order valence-corrected chi connectivity index (χ2v) is 5.37. The second-order valence-electron chi connectivity index (χ2n) is 4.05. The first-order valence-corrected chi connectivity index (χ1v) is 6.71. The highest BCUT2D eigenvalue weighted by molar-refractivity contribution is 9.10. The molecule has 0 saturated carbocycles. The van der Waals surface area contributed by atoms with Gasteiger partial charge in [-0.05, 0) is 42.8 Å². The zero-order valence-electron chi connectivity index (χ0n) is 9.87. The molecular formula is C14H13BrClNO. The molecule has 94 valence electrons. The van der Waals surface area contributed by atoms with Gasteiger partial charge < -0.3 is 10.4 Å². The topological polar surface area (TPSA) is 32.3 Å². The maximum atomic E-state index is 9.75. The number of rotatable bonds is 3. The molecule has 2 aromatic carbocycles. The number of halogens is 2. The van der Waals surface area contributed by atoms with Gasteiger partial charge in [-0.25, -0.2) is 0 Å². The lowest BCUT2D eigenvalue weighted by Crippen LogP contribution is -2.02. The van der Waals surface area contributed by atoms with Crippen molar-refractivity contribution in [3.8, 4) is 5.75 Å². The first-order valence-electron chi connectivity index (χ1n) is 5.54. The molecule has 2 rings (SSSR count). The minimum atomic E-state index is 0.213. The number of hydrogen-bond acceptors (Lipinski definition) is 2. The quantitative estimate of drug-likeness (QED) is 0.854. The van der Waals surface area contributed by atoms with Crippen LogP contribution in [0.25, 0.3) is 0 Å². The maximum absolute atomic E-state index is 9.75. The van der Waals surface area contributed by atoms with Gasteiger partial charge in [0.15, 0.2) is 0 Å². The summed E-state index contributed by atoms with van der Waals surface area (Å²) in [5, 5.41) is 13.6. The van der Waals surface area contributed by atoms with Crippen LogP contribution in [-0.2, 0) is 6.54 Å². The molecule has 0 saturated heterocycles. The molecule has 0 bridgehead atoms. The van der Waals surface area contributed by atoms with Gasteiger partial charge in [0, 0.05) is 27.3 Å². The van der Waals surface area contributed by atoms with Gasteiger partial charge >= 0.3 is 0 Å². The van der Waals surface area contributed by atoms with Crippen molar-refractivity contribution in [3.63, 3.8) is 0 Å². The molecule has 0 spiro atoms. The lowest BCUT2D eigenvalue weighted by molar-refractivity contribution is 0.469. The van der Waals surface area contributed by atoms with Crippen LogP contribution in [0.3, 0.4) is 0 Å². The van der Waals surface area contributed by atoms with Crippen LogP contribution in [-0.4, -0.2) is 5.11 Å². The predicted octanol–water partition coefficient (Wildman–Crippen LogP) is 4.73. The third-order valence-corrected chi connectivity index (χ3v) is 3.59. The standard InChI is InChI=1S/C14H13BrClNO/c1-9-7-10(15)5-6-13(9)17-8-11-12(16)3-2-4-14(11)18/h2-7,17-18H,8H2,1H3. The van der Waals surface area contributed by atoms with E-state index in [-0.39, 0.29) is 5.75 Å². The Balaban J connectivity index is 2.16. The fourth-order valence-corrected chi connectivity index (χ4v) is 2.44. The van der Waals surface area contributed by atoms with E-state index in [1.54, 1.807) is 18.2 Å². The van der Waals surface area contributed by atoms with Gasteiger partial charge in [-0.2, -0.15) is 0 Å². The third-order valence-electron chi connectivity index (χ3n) is 2.74. The number of hydrogen-bond donors (Lipinski definition) is 2. The van der Waals surface area contributed by atoms with Crippen LogP contribution in [0.5, 0.6) is 5.75 Å². The van der Waals surface area contributed by atoms with Crippen molar-refractivity contribution < 1.29 is 5.11 Å². The van der Waals surface area contributed by atoms with Gasteiger partial charge in [0.2, 0.25) is 0 Å². The first kappa shape index (κ1) is 13.2. The van der Waals surface area contributed by atoms with Crippen molar-refractivity contribution in [3.05, 3.63) is 57.0 Å². The van der Waals surface area contributed by atoms with Crippen molar-refractivity contribution in [2.75, 3.05) is 5.32 Å². The molecule has 0 heterocycles. The summed E-state index contributed by atoms with van der Waals surface area (Å²) in [6.45, 7) is 2.52. The van der Waals surface area contributed by atoms with Gasteiger partial charge in [-0.1, -0.05) is 33.6 Å². The molecule has 0 fully saturated rings. The van der Waals surface area contributed by atoms with Crippen molar-refractivity contribution in [1.29, 1.82) is 0 Å². The van der Waals surface area contributed by atoms with Crippen molar-refractivity contribution >= 4 is 33.2 Å². The van der Waals surface area contributed by atoms with E-state index in [1.165, 1.54) is 0 Å². The molecule has 0 aliphatic heterocycles. The Kier molecular flexibility index (Phi) is 4.15. The predicted molar refractivity (Wildman–Crippen MR) is 79.3 cm³/mol. The number of aromatic hydroxyl groups is 1. The summed E-state index contributed by atoms with van der Waals surface area (Å²) in [7, 11) is 0. The highest BCUT2D eigenvalue weighted by Gasteiger charge is 2.06. The summed E-state index contributed by atoms with van der Waals surface area (Å²) in [5.74, 6) is 0.213. The Morgan fingerprint density at radius 1 is 1.28 bits per heavy atom. The Morgan fingerprint density at radius 2 is 2.06 bits per heavy atom. The molecule has 0 amide bonds. The van der Waals surface area contributed by atoms with Gasteiger partial charge in [0.05, 0.1) is 0 Å². The molecule has 2 nitrogen and oxygen atoms in total. The smallest absolute Gasteiger partial charge is 0.122 e. The van der Waals surface area contributed by atoms with Crippen LogP contribution in [0.1, 0.15) is 11.1 Å². The molecule has 0 radical (unpaired) electrons. The van der Waals surface area contributed by atoms with Crippen LogP contribution in [0, 0.1) is 6.92 Å². The van der Waals surface area contributed by atoms with Gasteiger partial charge in [-0.15, -0.1) is 0 Å². The normalized spacial score (nSPS) is 10.4. The Bertz CT molecular complexity index is 551. The Labute approximate surface area is 120 Å². The Hall–Kier alpha value is -1.19. The summed E-state index contributed by atoms with van der Waals surface area (Å²) >= 11 is 9.48. The van der Waals surface area contributed by atoms with Gasteiger partial charge in [0.25, 0.3) is 0 Å². The van der Waals surface area contributed by atoms with E-state index in [1.807, 2.05) is 25.1 Å². The van der Waals surface area contributed by atoms with E-state index in [0.29, 0.717) is 17.1 Å². The fourth-order valence-electron chi connectivity index (χ4n) is 1.73. The second kappa shape index (κ2) is 5.63. The van der Waals surface area contributed by atoms with E-state index in [2.05, 4.69) is 21.2 Å². The van der Waals surface area contributed by atoms with Gasteiger partial charge in [-0.3, -0.25) is 0 Å². The SMILES string of the molecule is Cc1cc(Br)ccc1NCc1c(O)cccc1Cl. The lowest BCUT2D eigenvalue weighted by Gasteiger charge is -2.12. The number of anilines is 1. The van der Waals surface area contributed by atoms with E-state index in [9.17, 15) is 5.11 Å². The van der Waals surface area contributed by atoms with Crippen LogP contribution in [0.2, 0.25) is 5.02 Å². The number of aryl methyl sites for hydroxylation is 1. The minimum Gasteiger partial charge on any atom is -0.508 e. The summed E-state index contributed by atoms with van der Waals surface area (Å²) in [5.41, 5.74) is 2.87. The summed E-state index contributed by atoms with van der Waals surface area (Å²) in [4.78, 5) is 0. The summed E-state index contributed by atoms with van der Waals surface area (Å²) in [6, 6.07) is 11.1. The molecule has 4 heteroatoms. The summed E-state index contributed by atoms with van der Waals surface area (Å²) < 4.78 is 1.05. The van der Waals surface area contributed by atoms with E-state index in [4.69, 9.17) is 11.6 Å². The first-order chi connectivity index (χ1) is 8.58. The van der Waals surface area contributed by atoms with Crippen LogP contribution >= 0.6 is 27.5 Å². The maximum Gasteiger partial charge on any atom is 0.122 e. The summed E-state index contributed by atoms with van der Waals surface area (Å²) in [6.07, 6.45) is 0. The Morgan fingerprint density at radius 3 is 2.72 bits per heavy atom. The van der Waals surface area contributed by atoms with Crippen molar-refractivity contribution in [2.24, 2.45) is 0 Å². The largest absolute Gasteiger partial charge is 0.508 e. The third kappa shape index (κ3) is 2.98. The van der Waals surface area contributed by atoms with Crippen LogP contribution in [0.15, 0.2) is 40.9 Å². The average Bonchev–Trinajstić information content (AvgIpc) is 2.31. The lowest BCUT2D eigenvalue weighted by atomic mass is 10.1. The highest BCUT2D eigenvalue weighted by atomic mass is 79.9. The van der Waals surface area contributed by atoms with Crippen LogP contribution in [0.4, 0.5) is 5.69 Å². The number of nitrogens with one attached hydrogen (secondary N) is 1. The molecule has 0 aliphatic carbocycles. The molecule has 18 heavy (non-hydrogen) atoms. The molecule has 0 atom stereocenters. The molecule has 0 aliphatic rings. The molecule has 0 aromatic heterocycles. The zero-order valence-corrected chi connectivity index (χ0v) is 12.2. The average molecular weight is 327 g/mol. The monoisotopic (exact) mass is 325 g/mol. The fraction of sp³-hybridized carbons (Fsp3) is 0.143. The van der Waals surface area contributed by atoms with E-state index >= 15 is 0 Å².